The van der Waals surface area contributed by atoms with Gasteiger partial charge >= 0.3 is 0 Å². The van der Waals surface area contributed by atoms with Crippen molar-refractivity contribution in [2.75, 3.05) is 38.2 Å². The van der Waals surface area contributed by atoms with E-state index in [1.807, 2.05) is 0 Å². The number of amides is 3. The highest BCUT2D eigenvalue weighted by Crippen LogP contribution is 2.29. The quantitative estimate of drug-likeness (QED) is 0.417. The van der Waals surface area contributed by atoms with Crippen molar-refractivity contribution < 1.29 is 32.3 Å². The molecular weight excluding hydrogens is 534 g/mol. The number of hydrogen-bond donors (Lipinski definition) is 1. The van der Waals surface area contributed by atoms with Crippen LogP contribution in [0.5, 0.6) is 5.75 Å². The maximum Gasteiger partial charge on any atom is 0.261 e. The van der Waals surface area contributed by atoms with Crippen LogP contribution in [0.2, 0.25) is 0 Å². The maximum absolute atomic E-state index is 13.4. The number of carbonyl (C=O) groups excluding carboxylic acids is 3. The van der Waals surface area contributed by atoms with E-state index >= 15 is 0 Å². The van der Waals surface area contributed by atoms with Crippen LogP contribution in [0, 0.1) is 6.92 Å². The number of fused-ring (bicyclic) bond motifs is 1. The van der Waals surface area contributed by atoms with Crippen LogP contribution in [0.1, 0.15) is 49.1 Å². The summed E-state index contributed by atoms with van der Waals surface area (Å²) in [4.78, 5) is 40.4. The minimum atomic E-state index is -3.78. The summed E-state index contributed by atoms with van der Waals surface area (Å²) in [5.41, 5.74) is 2.30. The van der Waals surface area contributed by atoms with Gasteiger partial charge < -0.3 is 14.8 Å². The van der Waals surface area contributed by atoms with E-state index in [-0.39, 0.29) is 30.1 Å². The van der Waals surface area contributed by atoms with Gasteiger partial charge in [-0.3, -0.25) is 19.3 Å². The molecule has 10 nitrogen and oxygen atoms in total. The fraction of sp³-hybridized carbons (Fsp3) is 0.276. The molecule has 0 radical (unpaired) electrons. The molecule has 0 spiro atoms. The minimum Gasteiger partial charge on any atom is -0.493 e. The summed E-state index contributed by atoms with van der Waals surface area (Å²) >= 11 is 0. The summed E-state index contributed by atoms with van der Waals surface area (Å²) in [6.07, 6.45) is 0. The first-order valence-corrected chi connectivity index (χ1v) is 14.4. The van der Waals surface area contributed by atoms with Gasteiger partial charge in [-0.1, -0.05) is 24.3 Å². The predicted octanol–water partition coefficient (Wildman–Crippen LogP) is 3.46. The molecule has 2 aliphatic rings. The van der Waals surface area contributed by atoms with Gasteiger partial charge in [-0.05, 0) is 61.4 Å². The Balaban J connectivity index is 1.40. The van der Waals surface area contributed by atoms with Crippen LogP contribution < -0.4 is 10.1 Å². The van der Waals surface area contributed by atoms with Crippen LogP contribution in [0.25, 0.3) is 0 Å². The zero-order chi connectivity index (χ0) is 28.4. The molecule has 40 heavy (non-hydrogen) atoms. The maximum atomic E-state index is 13.4. The number of morpholine rings is 1. The Kier molecular flexibility index (Phi) is 7.70. The average molecular weight is 564 g/mol. The molecule has 2 aliphatic heterocycles. The average Bonchev–Trinajstić information content (AvgIpc) is 3.20. The van der Waals surface area contributed by atoms with Gasteiger partial charge in [0.1, 0.15) is 5.75 Å². The van der Waals surface area contributed by atoms with Gasteiger partial charge in [0.25, 0.3) is 17.7 Å². The van der Waals surface area contributed by atoms with E-state index in [2.05, 4.69) is 5.32 Å². The zero-order valence-corrected chi connectivity index (χ0v) is 23.0. The third kappa shape index (κ3) is 5.23. The van der Waals surface area contributed by atoms with Crippen molar-refractivity contribution in [3.8, 4) is 5.75 Å². The number of imide groups is 1. The molecular formula is C29H29N3O7S. The van der Waals surface area contributed by atoms with Crippen LogP contribution in [0.15, 0.2) is 65.6 Å². The molecule has 1 N–H and O–H groups in total. The van der Waals surface area contributed by atoms with E-state index in [1.165, 1.54) is 10.4 Å². The van der Waals surface area contributed by atoms with Crippen LogP contribution in [0.3, 0.4) is 0 Å². The summed E-state index contributed by atoms with van der Waals surface area (Å²) in [5.74, 6) is -0.992. The highest BCUT2D eigenvalue weighted by Gasteiger charge is 2.35. The lowest BCUT2D eigenvalue weighted by molar-refractivity contribution is 0.0642. The van der Waals surface area contributed by atoms with Gasteiger partial charge in [-0.15, -0.1) is 0 Å². The van der Waals surface area contributed by atoms with E-state index < -0.39 is 27.7 Å². The first-order valence-electron chi connectivity index (χ1n) is 12.9. The molecule has 0 atom stereocenters. The standard InChI is InChI=1S/C29H29N3O7S/c1-3-39-25-11-9-20(18-32-28(34)22-6-4-5-7-23(22)29(32)35)16-24(25)27(33)30-21-10-8-19(2)26(17-21)40(36,37)31-12-14-38-15-13-31/h4-11,16-17H,3,12-15,18H2,1-2H3,(H,30,33). The number of carbonyl (C=O) groups is 3. The Morgan fingerprint density at radius 1 is 0.975 bits per heavy atom. The molecule has 2 heterocycles. The number of ether oxygens (including phenoxy) is 2. The summed E-state index contributed by atoms with van der Waals surface area (Å²) in [7, 11) is -3.78. The fourth-order valence-electron chi connectivity index (χ4n) is 4.78. The number of benzene rings is 3. The van der Waals surface area contributed by atoms with E-state index in [0.717, 1.165) is 4.90 Å². The monoisotopic (exact) mass is 563 g/mol. The molecule has 5 rings (SSSR count). The normalized spacial score (nSPS) is 15.7. The van der Waals surface area contributed by atoms with E-state index in [0.29, 0.717) is 53.5 Å². The molecule has 3 aromatic carbocycles. The van der Waals surface area contributed by atoms with Gasteiger partial charge in [0.2, 0.25) is 10.0 Å². The first kappa shape index (κ1) is 27.5. The Labute approximate surface area is 232 Å². The zero-order valence-electron chi connectivity index (χ0n) is 22.2. The predicted molar refractivity (Wildman–Crippen MR) is 147 cm³/mol. The summed E-state index contributed by atoms with van der Waals surface area (Å²) in [6, 6.07) is 16.2. The highest BCUT2D eigenvalue weighted by atomic mass is 32.2. The van der Waals surface area contributed by atoms with Gasteiger partial charge in [0, 0.05) is 18.8 Å². The molecule has 11 heteroatoms. The lowest BCUT2D eigenvalue weighted by Gasteiger charge is -2.26. The molecule has 0 aliphatic carbocycles. The Morgan fingerprint density at radius 3 is 2.30 bits per heavy atom. The van der Waals surface area contributed by atoms with Gasteiger partial charge in [-0.2, -0.15) is 4.31 Å². The molecule has 1 fully saturated rings. The Bertz CT molecular complexity index is 1560. The molecule has 0 aromatic heterocycles. The van der Waals surface area contributed by atoms with Crippen molar-refractivity contribution in [2.45, 2.75) is 25.3 Å². The molecule has 0 saturated carbocycles. The van der Waals surface area contributed by atoms with Crippen LogP contribution in [-0.2, 0) is 21.3 Å². The van der Waals surface area contributed by atoms with Gasteiger partial charge in [-0.25, -0.2) is 8.42 Å². The van der Waals surface area contributed by atoms with E-state index in [4.69, 9.17) is 9.47 Å². The second-order valence-electron chi connectivity index (χ2n) is 9.46. The Morgan fingerprint density at radius 2 is 1.65 bits per heavy atom. The van der Waals surface area contributed by atoms with Crippen molar-refractivity contribution in [1.29, 1.82) is 0 Å². The van der Waals surface area contributed by atoms with Crippen LogP contribution in [0.4, 0.5) is 5.69 Å². The van der Waals surface area contributed by atoms with Crippen molar-refractivity contribution in [3.05, 3.63) is 88.5 Å². The largest absolute Gasteiger partial charge is 0.493 e. The molecule has 0 bridgehead atoms. The third-order valence-corrected chi connectivity index (χ3v) is 8.88. The second-order valence-corrected chi connectivity index (χ2v) is 11.4. The fourth-order valence-corrected chi connectivity index (χ4v) is 6.44. The van der Waals surface area contributed by atoms with Crippen molar-refractivity contribution in [2.24, 2.45) is 0 Å². The smallest absolute Gasteiger partial charge is 0.261 e. The SMILES string of the molecule is CCOc1ccc(CN2C(=O)c3ccccc3C2=O)cc1C(=O)Nc1ccc(C)c(S(=O)(=O)N2CCOCC2)c1. The number of nitrogens with one attached hydrogen (secondary N) is 1. The van der Waals surface area contributed by atoms with Crippen molar-refractivity contribution >= 4 is 33.4 Å². The molecule has 3 amide bonds. The molecule has 1 saturated heterocycles. The third-order valence-electron chi connectivity index (χ3n) is 6.84. The second kappa shape index (κ2) is 11.2. The van der Waals surface area contributed by atoms with Crippen molar-refractivity contribution in [1.82, 2.24) is 9.21 Å². The van der Waals surface area contributed by atoms with Crippen molar-refractivity contribution in [3.63, 3.8) is 0 Å². The first-order chi connectivity index (χ1) is 19.2. The minimum absolute atomic E-state index is 0.0223. The number of nitrogens with zero attached hydrogens (tertiary/aromatic N) is 2. The summed E-state index contributed by atoms with van der Waals surface area (Å²) in [5, 5.41) is 2.78. The van der Waals surface area contributed by atoms with E-state index in [9.17, 15) is 22.8 Å². The van der Waals surface area contributed by atoms with Crippen LogP contribution in [-0.4, -0.2) is 68.3 Å². The number of hydrogen-bond acceptors (Lipinski definition) is 7. The van der Waals surface area contributed by atoms with E-state index in [1.54, 1.807) is 68.4 Å². The molecule has 208 valence electrons. The van der Waals surface area contributed by atoms with Crippen LogP contribution >= 0.6 is 0 Å². The number of sulfonamides is 1. The summed E-state index contributed by atoms with van der Waals surface area (Å²) in [6.45, 7) is 4.95. The Hall–Kier alpha value is -4.06. The molecule has 3 aromatic rings. The lowest BCUT2D eigenvalue weighted by atomic mass is 10.1. The lowest BCUT2D eigenvalue weighted by Crippen LogP contribution is -2.40. The molecule has 0 unspecified atom stereocenters. The van der Waals surface area contributed by atoms with Gasteiger partial charge in [0.15, 0.2) is 0 Å². The highest BCUT2D eigenvalue weighted by molar-refractivity contribution is 7.89. The topological polar surface area (TPSA) is 122 Å². The number of anilines is 1. The number of aryl methyl sites for hydroxylation is 1. The summed E-state index contributed by atoms with van der Waals surface area (Å²) < 4.78 is 38.9. The number of rotatable bonds is 8. The van der Waals surface area contributed by atoms with Gasteiger partial charge in [0.05, 0.1) is 48.0 Å².